The Balaban J connectivity index is 5.01. The van der Waals surface area contributed by atoms with Crippen molar-refractivity contribution in [1.82, 2.24) is 0 Å². The summed E-state index contributed by atoms with van der Waals surface area (Å²) in [5, 5.41) is 9.25. The maximum Gasteiger partial charge on any atom is 0.192 e. The average molecular weight is 295 g/mol. The lowest BCUT2D eigenvalue weighted by Crippen LogP contribution is -2.51. The first-order valence-electron chi connectivity index (χ1n) is 6.39. The molecule has 0 saturated carbocycles. The molecule has 0 unspecified atom stereocenters. The quantitative estimate of drug-likeness (QED) is 0.465. The third kappa shape index (κ3) is 4.65. The predicted octanol–water partition coefficient (Wildman–Crippen LogP) is 3.20. The van der Waals surface area contributed by atoms with Gasteiger partial charge in [0.2, 0.25) is 0 Å². The van der Waals surface area contributed by atoms with Crippen molar-refractivity contribution in [1.29, 1.82) is 0 Å². The molecule has 0 fully saturated rings. The van der Waals surface area contributed by atoms with Gasteiger partial charge in [0.05, 0.1) is 6.10 Å². The zero-order valence-electron chi connectivity index (χ0n) is 12.5. The Bertz CT molecular complexity index is 274. The van der Waals surface area contributed by atoms with Crippen LogP contribution >= 0.6 is 11.6 Å². The van der Waals surface area contributed by atoms with Crippen molar-refractivity contribution in [3.63, 3.8) is 0 Å². The van der Waals surface area contributed by atoms with Crippen LogP contribution in [-0.2, 0) is 9.22 Å². The minimum absolute atomic E-state index is 0.0584. The molecule has 0 saturated heterocycles. The van der Waals surface area contributed by atoms with Gasteiger partial charge in [-0.2, -0.15) is 0 Å². The van der Waals surface area contributed by atoms with Crippen molar-refractivity contribution in [3.05, 3.63) is 0 Å². The van der Waals surface area contributed by atoms with Gasteiger partial charge < -0.3 is 14.3 Å². The Morgan fingerprint density at radius 1 is 1.28 bits per heavy atom. The van der Waals surface area contributed by atoms with E-state index in [9.17, 15) is 9.90 Å². The van der Waals surface area contributed by atoms with Gasteiger partial charge in [-0.15, -0.1) is 11.6 Å². The highest BCUT2D eigenvalue weighted by Gasteiger charge is 2.42. The molecule has 0 aliphatic carbocycles. The lowest BCUT2D eigenvalue weighted by atomic mass is 10.00. The second kappa shape index (κ2) is 6.50. The zero-order valence-corrected chi connectivity index (χ0v) is 14.3. The summed E-state index contributed by atoms with van der Waals surface area (Å²) in [5.74, 6) is 0.107. The summed E-state index contributed by atoms with van der Waals surface area (Å²) in [6.07, 6.45) is -0.798. The summed E-state index contributed by atoms with van der Waals surface area (Å²) in [6.45, 7) is 14.6. The molecule has 0 rings (SSSR count). The van der Waals surface area contributed by atoms with Crippen molar-refractivity contribution in [2.75, 3.05) is 0 Å². The topological polar surface area (TPSA) is 46.5 Å². The molecule has 108 valence electrons. The Morgan fingerprint density at radius 2 is 1.72 bits per heavy atom. The molecule has 0 heterocycles. The van der Waals surface area contributed by atoms with Crippen LogP contribution in [-0.4, -0.2) is 37.3 Å². The molecule has 0 amide bonds. The van der Waals surface area contributed by atoms with E-state index in [1.54, 1.807) is 0 Å². The lowest BCUT2D eigenvalue weighted by molar-refractivity contribution is -0.111. The lowest BCUT2D eigenvalue weighted by Gasteiger charge is -2.42. The number of alkyl halides is 1. The van der Waals surface area contributed by atoms with Gasteiger partial charge >= 0.3 is 0 Å². The van der Waals surface area contributed by atoms with E-state index >= 15 is 0 Å². The molecule has 0 bridgehead atoms. The van der Waals surface area contributed by atoms with Gasteiger partial charge in [-0.3, -0.25) is 0 Å². The van der Waals surface area contributed by atoms with Gasteiger partial charge in [0.1, 0.15) is 17.8 Å². The number of hydrogen-bond donors (Lipinski definition) is 1. The molecule has 3 nitrogen and oxygen atoms in total. The summed E-state index contributed by atoms with van der Waals surface area (Å²) in [7, 11) is -1.99. The largest absolute Gasteiger partial charge is 0.411 e. The third-order valence-corrected chi connectivity index (χ3v) is 8.52. The normalized spacial score (nSPS) is 18.6. The summed E-state index contributed by atoms with van der Waals surface area (Å²) >= 11 is 5.82. The molecular formula is C13H27ClO3Si. The summed E-state index contributed by atoms with van der Waals surface area (Å²) in [4.78, 5) is 10.7. The molecule has 5 heteroatoms. The molecule has 0 aromatic heterocycles. The molecule has 0 aliphatic heterocycles. The highest BCUT2D eigenvalue weighted by Crippen LogP contribution is 2.38. The van der Waals surface area contributed by atoms with Gasteiger partial charge in [-0.05, 0) is 24.1 Å². The Labute approximate surface area is 117 Å². The number of aliphatic hydroxyl groups excluding tert-OH is 1. The van der Waals surface area contributed by atoms with Gasteiger partial charge in [0.15, 0.2) is 8.32 Å². The van der Waals surface area contributed by atoms with E-state index in [4.69, 9.17) is 16.0 Å². The van der Waals surface area contributed by atoms with Crippen LogP contribution in [0.3, 0.4) is 0 Å². The number of rotatable bonds is 6. The Morgan fingerprint density at radius 3 is 2.00 bits per heavy atom. The SMILES string of the molecule is CC(C)[C@H](O[Si](C)(C)C(C)(C)C)[C@H](O)[C@@H](Cl)C=O. The average Bonchev–Trinajstić information content (AvgIpc) is 2.21. The van der Waals surface area contributed by atoms with E-state index in [0.29, 0.717) is 6.29 Å². The van der Waals surface area contributed by atoms with Crippen LogP contribution in [0.2, 0.25) is 18.1 Å². The molecule has 18 heavy (non-hydrogen) atoms. The van der Waals surface area contributed by atoms with Crippen molar-refractivity contribution in [2.45, 2.75) is 70.3 Å². The van der Waals surface area contributed by atoms with Crippen LogP contribution < -0.4 is 0 Å². The number of carbonyl (C=O) groups excluding carboxylic acids is 1. The second-order valence-corrected chi connectivity index (χ2v) is 11.9. The highest BCUT2D eigenvalue weighted by molar-refractivity contribution is 6.74. The smallest absolute Gasteiger partial charge is 0.192 e. The van der Waals surface area contributed by atoms with Crippen molar-refractivity contribution < 1.29 is 14.3 Å². The van der Waals surface area contributed by atoms with Crippen molar-refractivity contribution >= 4 is 26.2 Å². The maximum atomic E-state index is 10.7. The van der Waals surface area contributed by atoms with Crippen LogP contribution in [0.4, 0.5) is 0 Å². The number of carbonyl (C=O) groups is 1. The van der Waals surface area contributed by atoms with E-state index in [0.717, 1.165) is 0 Å². The molecule has 3 atom stereocenters. The van der Waals surface area contributed by atoms with E-state index in [1.807, 2.05) is 13.8 Å². The fourth-order valence-electron chi connectivity index (χ4n) is 1.38. The summed E-state index contributed by atoms with van der Waals surface area (Å²) < 4.78 is 6.19. The number of hydrogen-bond acceptors (Lipinski definition) is 3. The molecule has 0 aromatic rings. The first kappa shape index (κ1) is 18.1. The predicted molar refractivity (Wildman–Crippen MR) is 78.6 cm³/mol. The molecule has 0 aromatic carbocycles. The van der Waals surface area contributed by atoms with Crippen LogP contribution in [0.15, 0.2) is 0 Å². The van der Waals surface area contributed by atoms with Crippen LogP contribution in [0, 0.1) is 5.92 Å². The van der Waals surface area contributed by atoms with E-state index in [2.05, 4.69) is 33.9 Å². The summed E-state index contributed by atoms with van der Waals surface area (Å²) in [6, 6.07) is 0. The van der Waals surface area contributed by atoms with Crippen LogP contribution in [0.1, 0.15) is 34.6 Å². The fraction of sp³-hybridized carbons (Fsp3) is 0.923. The van der Waals surface area contributed by atoms with E-state index < -0.39 is 25.9 Å². The molecule has 0 spiro atoms. The van der Waals surface area contributed by atoms with Gasteiger partial charge in [0, 0.05) is 0 Å². The first-order chi connectivity index (χ1) is 7.94. The van der Waals surface area contributed by atoms with Crippen LogP contribution in [0.25, 0.3) is 0 Å². The van der Waals surface area contributed by atoms with E-state index in [-0.39, 0.29) is 11.0 Å². The maximum absolute atomic E-state index is 10.7. The zero-order chi connectivity index (χ0) is 14.7. The summed E-state index contributed by atoms with van der Waals surface area (Å²) in [5.41, 5.74) is 0. The molecule has 1 N–H and O–H groups in total. The third-order valence-electron chi connectivity index (χ3n) is 3.69. The van der Waals surface area contributed by atoms with E-state index in [1.165, 1.54) is 0 Å². The van der Waals surface area contributed by atoms with Crippen LogP contribution in [0.5, 0.6) is 0 Å². The van der Waals surface area contributed by atoms with Gasteiger partial charge in [0.25, 0.3) is 0 Å². The highest BCUT2D eigenvalue weighted by atomic mass is 35.5. The second-order valence-electron chi connectivity index (χ2n) is 6.66. The number of halogens is 1. The standard InChI is InChI=1S/C13H27ClO3Si/c1-9(2)12(11(16)10(14)8-15)17-18(6,7)13(3,4)5/h8-12,16H,1-7H3/t10-,11+,12-/m0/s1. The van der Waals surface area contributed by atoms with Gasteiger partial charge in [-0.1, -0.05) is 34.6 Å². The number of aldehydes is 1. The molecule has 0 radical (unpaired) electrons. The van der Waals surface area contributed by atoms with Crippen molar-refractivity contribution in [3.8, 4) is 0 Å². The van der Waals surface area contributed by atoms with Crippen molar-refractivity contribution in [2.24, 2.45) is 5.92 Å². The number of aliphatic hydroxyl groups is 1. The molecule has 0 aliphatic rings. The Hall–Kier alpha value is 0.0969. The minimum atomic E-state index is -1.99. The molecular weight excluding hydrogens is 268 g/mol. The fourth-order valence-corrected chi connectivity index (χ4v) is 2.97. The van der Waals surface area contributed by atoms with Gasteiger partial charge in [-0.25, -0.2) is 0 Å². The Kier molecular flexibility index (Phi) is 6.54. The minimum Gasteiger partial charge on any atom is -0.411 e. The monoisotopic (exact) mass is 294 g/mol. The first-order valence-corrected chi connectivity index (χ1v) is 9.73.